The Morgan fingerprint density at radius 3 is 2.11 bits per heavy atom. The first kappa shape index (κ1) is 23.1. The van der Waals surface area contributed by atoms with Gasteiger partial charge in [0.15, 0.2) is 0 Å². The first-order chi connectivity index (χ1) is 12.8. The maximum Gasteiger partial charge on any atom is 0.243 e. The van der Waals surface area contributed by atoms with Gasteiger partial charge in [-0.25, -0.2) is 8.42 Å². The fraction of sp³-hybridized carbons (Fsp3) is 0.650. The number of amides is 1. The van der Waals surface area contributed by atoms with E-state index < -0.39 is 10.0 Å². The Labute approximate surface area is 174 Å². The Balaban J connectivity index is 0.00000280. The molecule has 2 fully saturated rings. The number of aryl methyl sites for hydroxylation is 3. The van der Waals surface area contributed by atoms with E-state index in [2.05, 4.69) is 10.6 Å². The SMILES string of the molecule is Cc1cc(C)c(S(=O)(=O)N2CCC(C(=O)NC3CCNCC3)CC2)c(C)c1.Cl. The van der Waals surface area contributed by atoms with Gasteiger partial charge >= 0.3 is 0 Å². The molecular weight excluding hydrogens is 398 g/mol. The summed E-state index contributed by atoms with van der Waals surface area (Å²) in [5, 5.41) is 6.44. The molecule has 6 nitrogen and oxygen atoms in total. The summed E-state index contributed by atoms with van der Waals surface area (Å²) in [6, 6.07) is 4.08. The van der Waals surface area contributed by atoms with E-state index in [0.717, 1.165) is 42.6 Å². The second-order valence-corrected chi connectivity index (χ2v) is 9.81. The second kappa shape index (κ2) is 9.57. The Morgan fingerprint density at radius 2 is 1.57 bits per heavy atom. The van der Waals surface area contributed by atoms with Crippen molar-refractivity contribution in [1.29, 1.82) is 0 Å². The van der Waals surface area contributed by atoms with E-state index in [4.69, 9.17) is 0 Å². The Bertz CT molecular complexity index is 776. The maximum atomic E-state index is 13.2. The second-order valence-electron chi connectivity index (χ2n) is 7.94. The number of piperidine rings is 2. The van der Waals surface area contributed by atoms with Crippen LogP contribution in [0.5, 0.6) is 0 Å². The molecule has 2 aliphatic rings. The highest BCUT2D eigenvalue weighted by Crippen LogP contribution is 2.29. The molecule has 28 heavy (non-hydrogen) atoms. The summed E-state index contributed by atoms with van der Waals surface area (Å²) < 4.78 is 27.9. The highest BCUT2D eigenvalue weighted by molar-refractivity contribution is 7.89. The molecule has 0 aromatic heterocycles. The Morgan fingerprint density at radius 1 is 1.04 bits per heavy atom. The van der Waals surface area contributed by atoms with Crippen LogP contribution in [0, 0.1) is 26.7 Å². The van der Waals surface area contributed by atoms with Crippen molar-refractivity contribution in [3.63, 3.8) is 0 Å². The molecule has 1 aromatic carbocycles. The number of benzene rings is 1. The van der Waals surface area contributed by atoms with Crippen molar-refractivity contribution in [3.05, 3.63) is 28.8 Å². The van der Waals surface area contributed by atoms with Crippen LogP contribution in [0.3, 0.4) is 0 Å². The zero-order valence-electron chi connectivity index (χ0n) is 17.0. The number of nitrogens with one attached hydrogen (secondary N) is 2. The van der Waals surface area contributed by atoms with E-state index in [1.807, 2.05) is 32.9 Å². The number of rotatable bonds is 4. The van der Waals surface area contributed by atoms with Crippen molar-refractivity contribution in [3.8, 4) is 0 Å². The van der Waals surface area contributed by atoms with Gasteiger partial charge in [-0.2, -0.15) is 4.31 Å². The lowest BCUT2D eigenvalue weighted by atomic mass is 9.96. The van der Waals surface area contributed by atoms with Gasteiger partial charge in [-0.05, 0) is 70.7 Å². The molecule has 0 radical (unpaired) electrons. The normalized spacial score (nSPS) is 19.8. The fourth-order valence-corrected chi connectivity index (χ4v) is 6.23. The van der Waals surface area contributed by atoms with Gasteiger partial charge in [0.2, 0.25) is 15.9 Å². The van der Waals surface area contributed by atoms with Crippen LogP contribution in [0.25, 0.3) is 0 Å². The summed E-state index contributed by atoms with van der Waals surface area (Å²) in [4.78, 5) is 13.0. The lowest BCUT2D eigenvalue weighted by Crippen LogP contribution is -2.48. The summed E-state index contributed by atoms with van der Waals surface area (Å²) in [5.41, 5.74) is 2.65. The number of hydrogen-bond acceptors (Lipinski definition) is 4. The predicted molar refractivity (Wildman–Crippen MR) is 113 cm³/mol. The summed E-state index contributed by atoms with van der Waals surface area (Å²) in [7, 11) is -3.52. The van der Waals surface area contributed by atoms with Gasteiger partial charge in [-0.3, -0.25) is 4.79 Å². The van der Waals surface area contributed by atoms with Gasteiger partial charge in [0.1, 0.15) is 0 Å². The van der Waals surface area contributed by atoms with Crippen LogP contribution in [-0.4, -0.2) is 50.9 Å². The minimum atomic E-state index is -3.52. The zero-order valence-corrected chi connectivity index (χ0v) is 18.6. The number of nitrogens with zero attached hydrogens (tertiary/aromatic N) is 1. The molecule has 2 heterocycles. The molecule has 0 aliphatic carbocycles. The van der Waals surface area contributed by atoms with Crippen LogP contribution >= 0.6 is 12.4 Å². The number of sulfonamides is 1. The molecule has 0 atom stereocenters. The first-order valence-electron chi connectivity index (χ1n) is 9.88. The number of hydrogen-bond donors (Lipinski definition) is 2. The molecule has 2 N–H and O–H groups in total. The van der Waals surface area contributed by atoms with Gasteiger partial charge in [0.05, 0.1) is 4.90 Å². The molecule has 0 bridgehead atoms. The molecule has 0 spiro atoms. The third kappa shape index (κ3) is 5.06. The highest BCUT2D eigenvalue weighted by Gasteiger charge is 2.34. The average molecular weight is 430 g/mol. The van der Waals surface area contributed by atoms with Gasteiger partial charge in [-0.1, -0.05) is 17.7 Å². The molecule has 8 heteroatoms. The lowest BCUT2D eigenvalue weighted by molar-refractivity contribution is -0.127. The molecule has 0 saturated carbocycles. The molecule has 2 aliphatic heterocycles. The predicted octanol–water partition coefficient (Wildman–Crippen LogP) is 2.30. The molecule has 1 aromatic rings. The number of carbonyl (C=O) groups excluding carboxylic acids is 1. The van der Waals surface area contributed by atoms with E-state index in [0.29, 0.717) is 30.8 Å². The molecule has 0 unspecified atom stereocenters. The van der Waals surface area contributed by atoms with Gasteiger partial charge in [0, 0.05) is 25.0 Å². The van der Waals surface area contributed by atoms with E-state index in [1.54, 1.807) is 4.31 Å². The largest absolute Gasteiger partial charge is 0.353 e. The van der Waals surface area contributed by atoms with Crippen molar-refractivity contribution in [1.82, 2.24) is 14.9 Å². The Kier molecular flexibility index (Phi) is 7.90. The van der Waals surface area contributed by atoms with Crippen molar-refractivity contribution in [2.24, 2.45) is 5.92 Å². The average Bonchev–Trinajstić information content (AvgIpc) is 2.61. The molecule has 1 amide bonds. The third-order valence-corrected chi connectivity index (χ3v) is 7.92. The van der Waals surface area contributed by atoms with Crippen molar-refractivity contribution in [2.45, 2.75) is 57.4 Å². The summed E-state index contributed by atoms with van der Waals surface area (Å²) >= 11 is 0. The van der Waals surface area contributed by atoms with E-state index in [-0.39, 0.29) is 30.3 Å². The summed E-state index contributed by atoms with van der Waals surface area (Å²) in [5.74, 6) is -0.00630. The number of halogens is 1. The quantitative estimate of drug-likeness (QED) is 0.769. The van der Waals surface area contributed by atoms with Crippen LogP contribution in [-0.2, 0) is 14.8 Å². The van der Waals surface area contributed by atoms with Gasteiger partial charge in [0.25, 0.3) is 0 Å². The highest BCUT2D eigenvalue weighted by atomic mass is 35.5. The smallest absolute Gasteiger partial charge is 0.243 e. The molecule has 2 saturated heterocycles. The topological polar surface area (TPSA) is 78.5 Å². The van der Waals surface area contributed by atoms with E-state index in [1.165, 1.54) is 0 Å². The fourth-order valence-electron chi connectivity index (χ4n) is 4.35. The molecule has 3 rings (SSSR count). The zero-order chi connectivity index (χ0) is 19.6. The number of carbonyl (C=O) groups is 1. The van der Waals surface area contributed by atoms with Crippen LogP contribution in [0.4, 0.5) is 0 Å². The third-order valence-electron chi connectivity index (χ3n) is 5.71. The van der Waals surface area contributed by atoms with E-state index in [9.17, 15) is 13.2 Å². The minimum Gasteiger partial charge on any atom is -0.353 e. The lowest BCUT2D eigenvalue weighted by Gasteiger charge is -2.33. The van der Waals surface area contributed by atoms with Crippen LogP contribution in [0.1, 0.15) is 42.4 Å². The van der Waals surface area contributed by atoms with Gasteiger partial charge < -0.3 is 10.6 Å². The summed E-state index contributed by atoms with van der Waals surface area (Å²) in [6.07, 6.45) is 3.09. The van der Waals surface area contributed by atoms with Crippen molar-refractivity contribution >= 4 is 28.3 Å². The van der Waals surface area contributed by atoms with Crippen LogP contribution in [0.2, 0.25) is 0 Å². The first-order valence-corrected chi connectivity index (χ1v) is 11.3. The van der Waals surface area contributed by atoms with Crippen molar-refractivity contribution < 1.29 is 13.2 Å². The van der Waals surface area contributed by atoms with E-state index >= 15 is 0 Å². The minimum absolute atomic E-state index is 0. The van der Waals surface area contributed by atoms with Crippen LogP contribution < -0.4 is 10.6 Å². The standard InChI is InChI=1S/C20H31N3O3S.ClH/c1-14-12-15(2)19(16(3)13-14)27(25,26)23-10-6-17(7-11-23)20(24)22-18-4-8-21-9-5-18;/h12-13,17-18,21H,4-11H2,1-3H3,(H,22,24);1H. The molecule has 158 valence electrons. The monoisotopic (exact) mass is 429 g/mol. The molecular formula is C20H32ClN3O3S. The summed E-state index contributed by atoms with van der Waals surface area (Å²) in [6.45, 7) is 8.37. The Hall–Kier alpha value is -1.15. The van der Waals surface area contributed by atoms with Gasteiger partial charge in [-0.15, -0.1) is 12.4 Å². The maximum absolute atomic E-state index is 13.2. The van der Waals surface area contributed by atoms with Crippen molar-refractivity contribution in [2.75, 3.05) is 26.2 Å². The van der Waals surface area contributed by atoms with Crippen LogP contribution in [0.15, 0.2) is 17.0 Å².